The molecule has 20 heavy (non-hydrogen) atoms. The number of hydrogen-bond donors (Lipinski definition) is 3. The maximum absolute atomic E-state index is 12.0. The summed E-state index contributed by atoms with van der Waals surface area (Å²) in [5, 5.41) is 22.4. The topological polar surface area (TPSA) is 109 Å². The molecule has 2 atom stereocenters. The lowest BCUT2D eigenvalue weighted by Gasteiger charge is -2.26. The zero-order chi connectivity index (χ0) is 14.7. The minimum atomic E-state index is -1.04. The van der Waals surface area contributed by atoms with Gasteiger partial charge in [0.25, 0.3) is 5.91 Å². The molecule has 2 rings (SSSR count). The van der Waals surface area contributed by atoms with Gasteiger partial charge in [-0.3, -0.25) is 4.79 Å². The zero-order valence-corrected chi connectivity index (χ0v) is 11.5. The number of amides is 1. The molecule has 1 aliphatic heterocycles. The Bertz CT molecular complexity index is 497. The summed E-state index contributed by atoms with van der Waals surface area (Å²) in [4.78, 5) is 23.2. The first-order valence-corrected chi connectivity index (χ1v) is 6.69. The van der Waals surface area contributed by atoms with Gasteiger partial charge in [0.1, 0.15) is 6.04 Å². The number of aromatic nitrogens is 3. The van der Waals surface area contributed by atoms with Gasteiger partial charge in [0, 0.05) is 13.1 Å². The Morgan fingerprint density at radius 3 is 2.80 bits per heavy atom. The highest BCUT2D eigenvalue weighted by molar-refractivity contribution is 5.94. The van der Waals surface area contributed by atoms with E-state index < -0.39 is 17.9 Å². The van der Waals surface area contributed by atoms with Crippen molar-refractivity contribution in [3.8, 4) is 0 Å². The highest BCUT2D eigenvalue weighted by atomic mass is 16.4. The molecule has 0 bridgehead atoms. The van der Waals surface area contributed by atoms with Gasteiger partial charge in [0.05, 0.1) is 12.2 Å². The van der Waals surface area contributed by atoms with Crippen LogP contribution in [0.15, 0.2) is 6.20 Å². The number of nitrogens with zero attached hydrogens (tertiary/aromatic N) is 3. The maximum Gasteiger partial charge on any atom is 0.326 e. The molecule has 1 aromatic rings. The van der Waals surface area contributed by atoms with Gasteiger partial charge in [-0.2, -0.15) is 0 Å². The van der Waals surface area contributed by atoms with Crippen molar-refractivity contribution in [3.63, 3.8) is 0 Å². The fraction of sp³-hybridized carbons (Fsp3) is 0.667. The van der Waals surface area contributed by atoms with E-state index in [1.165, 1.54) is 0 Å². The normalized spacial score (nSPS) is 18.1. The van der Waals surface area contributed by atoms with Gasteiger partial charge in [0.2, 0.25) is 0 Å². The van der Waals surface area contributed by atoms with E-state index in [4.69, 9.17) is 5.11 Å². The summed E-state index contributed by atoms with van der Waals surface area (Å²) in [6.45, 7) is 5.27. The number of nitrogens with one attached hydrogen (secondary N) is 2. The Hall–Kier alpha value is -1.96. The summed E-state index contributed by atoms with van der Waals surface area (Å²) in [5.41, 5.74) is 0.145. The molecule has 2 heterocycles. The highest BCUT2D eigenvalue weighted by Crippen LogP contribution is 2.11. The van der Waals surface area contributed by atoms with E-state index in [2.05, 4.69) is 20.9 Å². The van der Waals surface area contributed by atoms with Crippen LogP contribution in [0.4, 0.5) is 0 Å². The van der Waals surface area contributed by atoms with Crippen LogP contribution in [0.3, 0.4) is 0 Å². The molecule has 1 amide bonds. The molecule has 1 fully saturated rings. The fourth-order valence-corrected chi connectivity index (χ4v) is 1.92. The molecule has 2 unspecified atom stereocenters. The van der Waals surface area contributed by atoms with E-state index in [0.717, 1.165) is 13.1 Å². The first kappa shape index (κ1) is 14.4. The second kappa shape index (κ2) is 6.00. The second-order valence-electron chi connectivity index (χ2n) is 5.07. The van der Waals surface area contributed by atoms with Crippen molar-refractivity contribution in [1.82, 2.24) is 25.6 Å². The third-order valence-electron chi connectivity index (χ3n) is 3.64. The summed E-state index contributed by atoms with van der Waals surface area (Å²) in [6.07, 6.45) is 2.22. The Balaban J connectivity index is 2.02. The molecular weight excluding hydrogens is 262 g/mol. The standard InChI is InChI=1S/C12H19N5O3/c1-3-7(2)10(12(19)20)14-11(18)9-6-17(16-15-9)8-4-13-5-8/h6-8,10,13H,3-5H2,1-2H3,(H,14,18)(H,19,20). The Morgan fingerprint density at radius 2 is 2.30 bits per heavy atom. The predicted molar refractivity (Wildman–Crippen MR) is 70.3 cm³/mol. The number of aliphatic carboxylic acids is 1. The maximum atomic E-state index is 12.0. The number of carbonyl (C=O) groups excluding carboxylic acids is 1. The van der Waals surface area contributed by atoms with E-state index in [-0.39, 0.29) is 17.7 Å². The summed E-state index contributed by atoms with van der Waals surface area (Å²) < 4.78 is 1.63. The average Bonchev–Trinajstić information content (AvgIpc) is 2.81. The number of carboxylic acids is 1. The molecule has 3 N–H and O–H groups in total. The van der Waals surface area contributed by atoms with Crippen molar-refractivity contribution < 1.29 is 14.7 Å². The van der Waals surface area contributed by atoms with Gasteiger partial charge in [-0.15, -0.1) is 5.10 Å². The summed E-state index contributed by atoms with van der Waals surface area (Å²) in [6, 6.07) is -0.697. The van der Waals surface area contributed by atoms with Crippen molar-refractivity contribution in [2.45, 2.75) is 32.4 Å². The second-order valence-corrected chi connectivity index (χ2v) is 5.07. The summed E-state index contributed by atoms with van der Waals surface area (Å²) >= 11 is 0. The lowest BCUT2D eigenvalue weighted by atomic mass is 9.99. The Morgan fingerprint density at radius 1 is 1.60 bits per heavy atom. The van der Waals surface area contributed by atoms with E-state index in [0.29, 0.717) is 6.42 Å². The SMILES string of the molecule is CCC(C)C(NC(=O)c1cn(C2CNC2)nn1)C(=O)O. The summed E-state index contributed by atoms with van der Waals surface area (Å²) in [5.74, 6) is -1.69. The van der Waals surface area contributed by atoms with Crippen LogP contribution in [0.1, 0.15) is 36.8 Å². The Labute approximate surface area is 116 Å². The smallest absolute Gasteiger partial charge is 0.326 e. The zero-order valence-electron chi connectivity index (χ0n) is 11.5. The van der Waals surface area contributed by atoms with Crippen LogP contribution >= 0.6 is 0 Å². The van der Waals surface area contributed by atoms with Gasteiger partial charge in [-0.1, -0.05) is 25.5 Å². The number of carboxylic acid groups (broad SMARTS) is 1. The highest BCUT2D eigenvalue weighted by Gasteiger charge is 2.27. The third kappa shape index (κ3) is 2.96. The molecule has 1 aliphatic rings. The monoisotopic (exact) mass is 281 g/mol. The van der Waals surface area contributed by atoms with Crippen LogP contribution in [0.5, 0.6) is 0 Å². The van der Waals surface area contributed by atoms with Crippen LogP contribution in [0.25, 0.3) is 0 Å². The summed E-state index contributed by atoms with van der Waals surface area (Å²) in [7, 11) is 0. The molecule has 8 nitrogen and oxygen atoms in total. The van der Waals surface area contributed by atoms with E-state index in [9.17, 15) is 9.59 Å². The average molecular weight is 281 g/mol. The molecule has 0 aliphatic carbocycles. The number of rotatable bonds is 6. The van der Waals surface area contributed by atoms with E-state index in [1.54, 1.807) is 17.8 Å². The van der Waals surface area contributed by atoms with Crippen molar-refractivity contribution in [1.29, 1.82) is 0 Å². The Kier molecular flexibility index (Phi) is 4.33. The molecule has 8 heteroatoms. The molecule has 0 radical (unpaired) electrons. The van der Waals surface area contributed by atoms with Gasteiger partial charge in [0.15, 0.2) is 5.69 Å². The molecule has 0 aromatic carbocycles. The van der Waals surface area contributed by atoms with Crippen LogP contribution < -0.4 is 10.6 Å². The van der Waals surface area contributed by atoms with Gasteiger partial charge >= 0.3 is 5.97 Å². The minimum absolute atomic E-state index is 0.145. The van der Waals surface area contributed by atoms with E-state index in [1.807, 2.05) is 6.92 Å². The number of carbonyl (C=O) groups is 2. The predicted octanol–water partition coefficient (Wildman–Crippen LogP) is -0.348. The van der Waals surface area contributed by atoms with E-state index >= 15 is 0 Å². The molecule has 1 saturated heterocycles. The van der Waals surface area contributed by atoms with Crippen molar-refractivity contribution in [2.24, 2.45) is 5.92 Å². The van der Waals surface area contributed by atoms with Crippen molar-refractivity contribution in [2.75, 3.05) is 13.1 Å². The lowest BCUT2D eigenvalue weighted by molar-refractivity contribution is -0.140. The third-order valence-corrected chi connectivity index (χ3v) is 3.64. The van der Waals surface area contributed by atoms with Gasteiger partial charge in [-0.05, 0) is 5.92 Å². The minimum Gasteiger partial charge on any atom is -0.480 e. The first-order valence-electron chi connectivity index (χ1n) is 6.69. The van der Waals surface area contributed by atoms with Crippen LogP contribution in [-0.4, -0.2) is 51.1 Å². The number of hydrogen-bond acceptors (Lipinski definition) is 5. The lowest BCUT2D eigenvalue weighted by Crippen LogP contribution is -2.45. The van der Waals surface area contributed by atoms with Crippen LogP contribution in [0.2, 0.25) is 0 Å². The van der Waals surface area contributed by atoms with Gasteiger partial charge in [-0.25, -0.2) is 9.48 Å². The molecule has 0 saturated carbocycles. The van der Waals surface area contributed by atoms with Crippen molar-refractivity contribution >= 4 is 11.9 Å². The fourth-order valence-electron chi connectivity index (χ4n) is 1.92. The quantitative estimate of drug-likeness (QED) is 0.657. The molecule has 0 spiro atoms. The van der Waals surface area contributed by atoms with Crippen LogP contribution in [-0.2, 0) is 4.79 Å². The van der Waals surface area contributed by atoms with Crippen molar-refractivity contribution in [3.05, 3.63) is 11.9 Å². The molecule has 110 valence electrons. The largest absolute Gasteiger partial charge is 0.480 e. The molecule has 1 aromatic heterocycles. The first-order chi connectivity index (χ1) is 9.52. The molecular formula is C12H19N5O3. The van der Waals surface area contributed by atoms with Gasteiger partial charge < -0.3 is 15.7 Å². The van der Waals surface area contributed by atoms with Crippen LogP contribution in [0, 0.1) is 5.92 Å².